The van der Waals surface area contributed by atoms with Crippen LogP contribution in [0.4, 0.5) is 5.69 Å². The number of nitrogens with two attached hydrogens (primary N) is 1. The van der Waals surface area contributed by atoms with Crippen molar-refractivity contribution in [3.63, 3.8) is 0 Å². The number of rotatable bonds is 6. The number of benzene rings is 1. The van der Waals surface area contributed by atoms with E-state index >= 15 is 0 Å². The largest absolute Gasteiger partial charge is 0.369 e. The van der Waals surface area contributed by atoms with Gasteiger partial charge in [0.15, 0.2) is 0 Å². The van der Waals surface area contributed by atoms with Crippen molar-refractivity contribution < 1.29 is 4.79 Å². The summed E-state index contributed by atoms with van der Waals surface area (Å²) in [4.78, 5) is 19.1. The number of nitrogens with zero attached hydrogens (tertiary/aromatic N) is 3. The molecule has 1 fully saturated rings. The highest BCUT2D eigenvalue weighted by molar-refractivity contribution is 7.99. The first kappa shape index (κ1) is 20.4. The maximum atomic E-state index is 12.4. The number of aromatic nitrogens is 1. The maximum Gasteiger partial charge on any atom is 0.238 e. The zero-order valence-electron chi connectivity index (χ0n) is 16.4. The number of carbonyl (C=O) groups is 1. The van der Waals surface area contributed by atoms with Gasteiger partial charge < -0.3 is 16.0 Å². The predicted molar refractivity (Wildman–Crippen MR) is 115 cm³/mol. The average molecular weight is 398 g/mol. The normalized spacial score (nSPS) is 20.6. The lowest BCUT2D eigenvalue weighted by molar-refractivity contribution is -0.122. The fourth-order valence-electron chi connectivity index (χ4n) is 3.81. The molecule has 1 aliphatic heterocycles. The molecule has 3 atom stereocenters. The molecule has 3 N–H and O–H groups in total. The molecule has 28 heavy (non-hydrogen) atoms. The first-order chi connectivity index (χ1) is 13.5. The Hall–Kier alpha value is -2.30. The predicted octanol–water partition coefficient (Wildman–Crippen LogP) is 2.52. The van der Waals surface area contributed by atoms with E-state index < -0.39 is 6.04 Å². The smallest absolute Gasteiger partial charge is 0.238 e. The summed E-state index contributed by atoms with van der Waals surface area (Å²) in [5, 5.41) is 13.5. The van der Waals surface area contributed by atoms with E-state index in [1.54, 1.807) is 18.0 Å². The molecule has 6 nitrogen and oxygen atoms in total. The van der Waals surface area contributed by atoms with Crippen molar-refractivity contribution >= 4 is 34.3 Å². The number of amides is 1. The Morgan fingerprint density at radius 1 is 1.46 bits per heavy atom. The minimum absolute atomic E-state index is 0.0521. The van der Waals surface area contributed by atoms with E-state index in [0.29, 0.717) is 17.2 Å². The first-order valence-electron chi connectivity index (χ1n) is 9.70. The summed E-state index contributed by atoms with van der Waals surface area (Å²) in [6.45, 7) is 5.88. The molecule has 148 valence electrons. The van der Waals surface area contributed by atoms with Crippen molar-refractivity contribution in [3.05, 3.63) is 36.0 Å². The summed E-state index contributed by atoms with van der Waals surface area (Å²) in [5.41, 5.74) is 8.38. The fraction of sp³-hybridized carbons (Fsp3) is 0.476. The van der Waals surface area contributed by atoms with Crippen LogP contribution in [0, 0.1) is 17.2 Å². The van der Waals surface area contributed by atoms with E-state index in [9.17, 15) is 10.1 Å². The number of thioether (sulfide) groups is 1. The number of nitrogens with one attached hydrogen (secondary N) is 1. The summed E-state index contributed by atoms with van der Waals surface area (Å²) in [5.74, 6) is 1.95. The van der Waals surface area contributed by atoms with Gasteiger partial charge in [-0.1, -0.05) is 13.8 Å². The first-order valence-corrected chi connectivity index (χ1v) is 10.9. The number of hydrogen-bond acceptors (Lipinski definition) is 6. The highest BCUT2D eigenvalue weighted by atomic mass is 32.2. The highest BCUT2D eigenvalue weighted by Gasteiger charge is 2.28. The average Bonchev–Trinajstić information content (AvgIpc) is 2.70. The third kappa shape index (κ3) is 4.57. The summed E-state index contributed by atoms with van der Waals surface area (Å²) >= 11 is 1.68. The molecule has 2 aromatic rings. The minimum atomic E-state index is -0.476. The lowest BCUT2D eigenvalue weighted by Gasteiger charge is -2.39. The lowest BCUT2D eigenvalue weighted by Crippen LogP contribution is -2.54. The molecule has 3 rings (SSSR count). The van der Waals surface area contributed by atoms with Crippen LogP contribution in [0.1, 0.15) is 25.8 Å². The second-order valence-corrected chi connectivity index (χ2v) is 8.68. The molecule has 0 spiro atoms. The number of piperidine rings is 1. The third-order valence-electron chi connectivity index (χ3n) is 5.05. The third-order valence-corrected chi connectivity index (χ3v) is 6.06. The molecule has 0 radical (unpaired) electrons. The molecule has 0 saturated carbocycles. The molecule has 1 saturated heterocycles. The van der Waals surface area contributed by atoms with Crippen LogP contribution < -0.4 is 16.0 Å². The minimum Gasteiger partial charge on any atom is -0.369 e. The van der Waals surface area contributed by atoms with Gasteiger partial charge in [0, 0.05) is 42.2 Å². The van der Waals surface area contributed by atoms with Gasteiger partial charge in [0.2, 0.25) is 5.91 Å². The Morgan fingerprint density at radius 2 is 2.29 bits per heavy atom. The molecule has 1 aliphatic rings. The summed E-state index contributed by atoms with van der Waals surface area (Å²) in [6, 6.07) is 9.51. The van der Waals surface area contributed by atoms with Crippen molar-refractivity contribution in [1.29, 1.82) is 5.26 Å². The van der Waals surface area contributed by atoms with Gasteiger partial charge in [-0.2, -0.15) is 17.0 Å². The SMILES string of the molecule is CCSCC(N)C(=O)N[C@@H]1C[C@H](C)CN(c2ccc(C#N)c3ncccc23)C1. The zero-order chi connectivity index (χ0) is 20.1. The lowest BCUT2D eigenvalue weighted by atomic mass is 9.94. The molecule has 2 heterocycles. The van der Waals surface area contributed by atoms with Crippen LogP contribution in [0.25, 0.3) is 10.9 Å². The molecular weight excluding hydrogens is 370 g/mol. The Morgan fingerprint density at radius 3 is 3.04 bits per heavy atom. The van der Waals surface area contributed by atoms with E-state index in [-0.39, 0.29) is 11.9 Å². The summed E-state index contributed by atoms with van der Waals surface area (Å²) in [7, 11) is 0. The van der Waals surface area contributed by atoms with Crippen LogP contribution in [0.3, 0.4) is 0 Å². The monoisotopic (exact) mass is 397 g/mol. The van der Waals surface area contributed by atoms with E-state index in [1.165, 1.54) is 0 Å². The summed E-state index contributed by atoms with van der Waals surface area (Å²) in [6.07, 6.45) is 2.65. The van der Waals surface area contributed by atoms with E-state index in [2.05, 4.69) is 35.1 Å². The molecule has 1 amide bonds. The quantitative estimate of drug-likeness (QED) is 0.778. The van der Waals surface area contributed by atoms with E-state index in [1.807, 2.05) is 24.3 Å². The van der Waals surface area contributed by atoms with Gasteiger partial charge in [0.1, 0.15) is 6.07 Å². The number of hydrogen-bond donors (Lipinski definition) is 2. The van der Waals surface area contributed by atoms with Crippen molar-refractivity contribution in [2.24, 2.45) is 11.7 Å². The van der Waals surface area contributed by atoms with Crippen LogP contribution in [0.2, 0.25) is 0 Å². The van der Waals surface area contributed by atoms with Crippen LogP contribution in [-0.4, -0.2) is 47.6 Å². The number of fused-ring (bicyclic) bond motifs is 1. The van der Waals surface area contributed by atoms with Gasteiger partial charge in [0.05, 0.1) is 17.1 Å². The van der Waals surface area contributed by atoms with Crippen molar-refractivity contribution in [2.75, 3.05) is 29.5 Å². The van der Waals surface area contributed by atoms with E-state index in [0.717, 1.165) is 41.9 Å². The van der Waals surface area contributed by atoms with Crippen molar-refractivity contribution in [1.82, 2.24) is 10.3 Å². The van der Waals surface area contributed by atoms with E-state index in [4.69, 9.17) is 5.73 Å². The Balaban J connectivity index is 1.79. The zero-order valence-corrected chi connectivity index (χ0v) is 17.2. The van der Waals surface area contributed by atoms with Crippen LogP contribution in [0.5, 0.6) is 0 Å². The van der Waals surface area contributed by atoms with Gasteiger partial charge in [-0.3, -0.25) is 9.78 Å². The number of pyridine rings is 1. The highest BCUT2D eigenvalue weighted by Crippen LogP contribution is 2.31. The molecule has 1 aromatic carbocycles. The van der Waals surface area contributed by atoms with Gasteiger partial charge in [-0.05, 0) is 42.4 Å². The second-order valence-electron chi connectivity index (χ2n) is 7.36. The van der Waals surface area contributed by atoms with Crippen LogP contribution >= 0.6 is 11.8 Å². The Kier molecular flexibility index (Phi) is 6.76. The molecule has 0 aliphatic carbocycles. The Bertz CT molecular complexity index is 881. The number of carbonyl (C=O) groups excluding carboxylic acids is 1. The van der Waals surface area contributed by atoms with Crippen molar-refractivity contribution in [2.45, 2.75) is 32.4 Å². The number of nitriles is 1. The number of anilines is 1. The molecule has 7 heteroatoms. The molecular formula is C21H27N5OS. The van der Waals surface area contributed by atoms with Gasteiger partial charge in [-0.15, -0.1) is 0 Å². The van der Waals surface area contributed by atoms with Gasteiger partial charge in [0.25, 0.3) is 0 Å². The standard InChI is InChI=1S/C21H27N5OS/c1-3-28-13-18(23)21(27)25-16-9-14(2)11-26(12-16)19-7-6-15(10-22)20-17(19)5-4-8-24-20/h4-8,14,16,18H,3,9,11-13,23H2,1-2H3,(H,25,27)/t14-,16+,18?/m0/s1. The van der Waals surface area contributed by atoms with Gasteiger partial charge >= 0.3 is 0 Å². The maximum absolute atomic E-state index is 12.4. The van der Waals surface area contributed by atoms with Gasteiger partial charge in [-0.25, -0.2) is 0 Å². The Labute approximate surface area is 170 Å². The van der Waals surface area contributed by atoms with Crippen LogP contribution in [0.15, 0.2) is 30.5 Å². The topological polar surface area (TPSA) is 95.0 Å². The van der Waals surface area contributed by atoms with Crippen molar-refractivity contribution in [3.8, 4) is 6.07 Å². The molecule has 1 aromatic heterocycles. The molecule has 1 unspecified atom stereocenters. The fourth-order valence-corrected chi connectivity index (χ4v) is 4.45. The van der Waals surface area contributed by atoms with Crippen LogP contribution in [-0.2, 0) is 4.79 Å². The molecule has 0 bridgehead atoms. The summed E-state index contributed by atoms with van der Waals surface area (Å²) < 4.78 is 0. The second kappa shape index (κ2) is 9.26.